The Kier molecular flexibility index (Phi) is 8.39. The SMILES string of the molecule is CN=C(NCCCNC(=O)c1occc1C)NCCc1ccc(C)c(OC)c1. The van der Waals surface area contributed by atoms with Crippen LogP contribution in [-0.2, 0) is 6.42 Å². The highest BCUT2D eigenvalue weighted by Gasteiger charge is 2.11. The van der Waals surface area contributed by atoms with Crippen molar-refractivity contribution in [3.8, 4) is 5.75 Å². The highest BCUT2D eigenvalue weighted by molar-refractivity contribution is 5.92. The summed E-state index contributed by atoms with van der Waals surface area (Å²) < 4.78 is 10.5. The zero-order valence-electron chi connectivity index (χ0n) is 17.1. The molecule has 0 aliphatic heterocycles. The first kappa shape index (κ1) is 21.3. The van der Waals surface area contributed by atoms with Crippen LogP contribution in [0.1, 0.15) is 33.7 Å². The van der Waals surface area contributed by atoms with Crippen LogP contribution < -0.4 is 20.7 Å². The Hall–Kier alpha value is -2.96. The van der Waals surface area contributed by atoms with E-state index in [1.807, 2.05) is 13.8 Å². The lowest BCUT2D eigenvalue weighted by Crippen LogP contribution is -2.39. The zero-order chi connectivity index (χ0) is 20.4. The lowest BCUT2D eigenvalue weighted by Gasteiger charge is -2.13. The summed E-state index contributed by atoms with van der Waals surface area (Å²) in [5.41, 5.74) is 3.18. The molecule has 2 aromatic rings. The Labute approximate surface area is 166 Å². The second-order valence-corrected chi connectivity index (χ2v) is 6.52. The topological polar surface area (TPSA) is 87.9 Å². The molecule has 0 saturated heterocycles. The lowest BCUT2D eigenvalue weighted by atomic mass is 10.1. The van der Waals surface area contributed by atoms with Gasteiger partial charge in [0, 0.05) is 32.2 Å². The van der Waals surface area contributed by atoms with Crippen molar-refractivity contribution in [2.45, 2.75) is 26.7 Å². The summed E-state index contributed by atoms with van der Waals surface area (Å²) in [7, 11) is 3.43. The van der Waals surface area contributed by atoms with Gasteiger partial charge in [-0.25, -0.2) is 0 Å². The van der Waals surface area contributed by atoms with Crippen LogP contribution in [0.15, 0.2) is 39.9 Å². The third-order valence-electron chi connectivity index (χ3n) is 4.40. The number of methoxy groups -OCH3 is 1. The van der Waals surface area contributed by atoms with Crippen LogP contribution in [-0.4, -0.2) is 45.7 Å². The molecule has 7 nitrogen and oxygen atoms in total. The van der Waals surface area contributed by atoms with Gasteiger partial charge in [0.15, 0.2) is 11.7 Å². The molecule has 1 heterocycles. The predicted octanol–water partition coefficient (Wildman–Crippen LogP) is 2.43. The molecule has 0 atom stereocenters. The molecule has 28 heavy (non-hydrogen) atoms. The molecule has 2 rings (SSSR count). The third kappa shape index (κ3) is 6.33. The van der Waals surface area contributed by atoms with E-state index in [4.69, 9.17) is 9.15 Å². The van der Waals surface area contributed by atoms with Gasteiger partial charge in [-0.3, -0.25) is 9.79 Å². The van der Waals surface area contributed by atoms with Crippen molar-refractivity contribution < 1.29 is 13.9 Å². The molecule has 0 bridgehead atoms. The number of rotatable bonds is 9. The summed E-state index contributed by atoms with van der Waals surface area (Å²) in [6, 6.07) is 8.02. The largest absolute Gasteiger partial charge is 0.496 e. The van der Waals surface area contributed by atoms with Crippen molar-refractivity contribution in [1.82, 2.24) is 16.0 Å². The van der Waals surface area contributed by atoms with Crippen LogP contribution in [0, 0.1) is 13.8 Å². The van der Waals surface area contributed by atoms with E-state index < -0.39 is 0 Å². The van der Waals surface area contributed by atoms with Crippen molar-refractivity contribution in [2.75, 3.05) is 33.8 Å². The monoisotopic (exact) mass is 386 g/mol. The fourth-order valence-corrected chi connectivity index (χ4v) is 2.75. The average Bonchev–Trinajstić information content (AvgIpc) is 3.13. The number of furan rings is 1. The number of hydrogen-bond donors (Lipinski definition) is 3. The van der Waals surface area contributed by atoms with E-state index in [9.17, 15) is 4.79 Å². The number of aliphatic imine (C=N–C) groups is 1. The van der Waals surface area contributed by atoms with Crippen LogP contribution in [0.5, 0.6) is 5.75 Å². The Bertz CT molecular complexity index is 799. The summed E-state index contributed by atoms with van der Waals surface area (Å²) in [4.78, 5) is 16.2. The molecule has 1 aromatic carbocycles. The van der Waals surface area contributed by atoms with Crippen LogP contribution in [0.3, 0.4) is 0 Å². The van der Waals surface area contributed by atoms with Crippen molar-refractivity contribution >= 4 is 11.9 Å². The standard InChI is InChI=1S/C21H30N4O3/c1-15-6-7-17(14-18(15)27-4)8-12-25-21(22-3)24-11-5-10-23-20(26)19-16(2)9-13-28-19/h6-7,9,13-14H,5,8,10-12H2,1-4H3,(H,23,26)(H2,22,24,25). The van der Waals surface area contributed by atoms with Crippen LogP contribution >= 0.6 is 0 Å². The molecule has 0 fully saturated rings. The van der Waals surface area contributed by atoms with E-state index in [0.717, 1.165) is 42.2 Å². The summed E-state index contributed by atoms with van der Waals surface area (Å²) in [6.45, 7) is 5.91. The van der Waals surface area contributed by atoms with Gasteiger partial charge in [-0.1, -0.05) is 12.1 Å². The lowest BCUT2D eigenvalue weighted by molar-refractivity contribution is 0.0925. The fourth-order valence-electron chi connectivity index (χ4n) is 2.75. The molecule has 0 aliphatic rings. The van der Waals surface area contributed by atoms with Gasteiger partial charge >= 0.3 is 0 Å². The molecular weight excluding hydrogens is 356 g/mol. The summed E-state index contributed by atoms with van der Waals surface area (Å²) in [6.07, 6.45) is 3.17. The zero-order valence-corrected chi connectivity index (χ0v) is 17.1. The van der Waals surface area contributed by atoms with Crippen molar-refractivity contribution in [2.24, 2.45) is 4.99 Å². The van der Waals surface area contributed by atoms with Crippen LogP contribution in [0.4, 0.5) is 0 Å². The maximum absolute atomic E-state index is 12.0. The molecule has 0 aliphatic carbocycles. The second-order valence-electron chi connectivity index (χ2n) is 6.52. The fraction of sp³-hybridized carbons (Fsp3) is 0.429. The van der Waals surface area contributed by atoms with Gasteiger partial charge in [0.2, 0.25) is 0 Å². The number of carbonyl (C=O) groups is 1. The van der Waals surface area contributed by atoms with E-state index >= 15 is 0 Å². The van der Waals surface area contributed by atoms with E-state index in [0.29, 0.717) is 18.8 Å². The maximum atomic E-state index is 12.0. The number of benzene rings is 1. The first-order chi connectivity index (χ1) is 13.5. The molecule has 0 saturated carbocycles. The minimum absolute atomic E-state index is 0.182. The Balaban J connectivity index is 1.63. The van der Waals surface area contributed by atoms with Crippen molar-refractivity contribution in [3.05, 3.63) is 53.0 Å². The second kappa shape index (κ2) is 11.0. The molecule has 0 unspecified atom stereocenters. The molecular formula is C21H30N4O3. The minimum atomic E-state index is -0.182. The number of nitrogens with one attached hydrogen (secondary N) is 3. The van der Waals surface area contributed by atoms with Crippen LogP contribution in [0.2, 0.25) is 0 Å². The van der Waals surface area contributed by atoms with E-state index in [1.165, 1.54) is 11.8 Å². The van der Waals surface area contributed by atoms with Gasteiger partial charge < -0.3 is 25.1 Å². The van der Waals surface area contributed by atoms with Gasteiger partial charge in [0.05, 0.1) is 13.4 Å². The molecule has 0 radical (unpaired) electrons. The Morgan fingerprint density at radius 3 is 2.50 bits per heavy atom. The smallest absolute Gasteiger partial charge is 0.287 e. The predicted molar refractivity (Wildman–Crippen MR) is 111 cm³/mol. The Morgan fingerprint density at radius 2 is 1.82 bits per heavy atom. The molecule has 7 heteroatoms. The average molecular weight is 386 g/mol. The molecule has 152 valence electrons. The number of ether oxygens (including phenoxy) is 1. The summed E-state index contributed by atoms with van der Waals surface area (Å²) in [5, 5.41) is 9.39. The first-order valence-corrected chi connectivity index (χ1v) is 9.45. The molecule has 1 amide bonds. The minimum Gasteiger partial charge on any atom is -0.496 e. The van der Waals surface area contributed by atoms with Crippen molar-refractivity contribution in [3.63, 3.8) is 0 Å². The van der Waals surface area contributed by atoms with Gasteiger partial charge in [-0.2, -0.15) is 0 Å². The number of nitrogens with zero attached hydrogens (tertiary/aromatic N) is 1. The number of carbonyl (C=O) groups excluding carboxylic acids is 1. The first-order valence-electron chi connectivity index (χ1n) is 9.45. The van der Waals surface area contributed by atoms with E-state index in [2.05, 4.69) is 39.1 Å². The summed E-state index contributed by atoms with van der Waals surface area (Å²) in [5.74, 6) is 1.84. The number of guanidine groups is 1. The molecule has 0 spiro atoms. The normalized spacial score (nSPS) is 11.2. The Morgan fingerprint density at radius 1 is 1.07 bits per heavy atom. The maximum Gasteiger partial charge on any atom is 0.287 e. The van der Waals surface area contributed by atoms with Gasteiger partial charge in [0.1, 0.15) is 5.75 Å². The van der Waals surface area contributed by atoms with Gasteiger partial charge in [-0.05, 0) is 49.9 Å². The number of amides is 1. The number of aryl methyl sites for hydroxylation is 2. The highest BCUT2D eigenvalue weighted by atomic mass is 16.5. The quantitative estimate of drug-likeness (QED) is 0.350. The van der Waals surface area contributed by atoms with Crippen LogP contribution in [0.25, 0.3) is 0 Å². The highest BCUT2D eigenvalue weighted by Crippen LogP contribution is 2.18. The van der Waals surface area contributed by atoms with Crippen molar-refractivity contribution in [1.29, 1.82) is 0 Å². The third-order valence-corrected chi connectivity index (χ3v) is 4.40. The van der Waals surface area contributed by atoms with E-state index in [-0.39, 0.29) is 5.91 Å². The van der Waals surface area contributed by atoms with E-state index in [1.54, 1.807) is 20.2 Å². The summed E-state index contributed by atoms with van der Waals surface area (Å²) >= 11 is 0. The molecule has 1 aromatic heterocycles. The van der Waals surface area contributed by atoms with Gasteiger partial charge in [0.25, 0.3) is 5.91 Å². The van der Waals surface area contributed by atoms with Gasteiger partial charge in [-0.15, -0.1) is 0 Å². The molecule has 3 N–H and O–H groups in total. The number of hydrogen-bond acceptors (Lipinski definition) is 4.